The molecule has 1 atom stereocenters. The molecule has 2 aromatic rings. The smallest absolute Gasteiger partial charge is 0.0510 e. The van der Waals surface area contributed by atoms with Crippen LogP contribution in [0, 0.1) is 6.92 Å². The quantitative estimate of drug-likeness (QED) is 0.603. The monoisotopic (exact) mass is 388 g/mol. The summed E-state index contributed by atoms with van der Waals surface area (Å²) >= 11 is 8.70. The predicted molar refractivity (Wildman–Crippen MR) is 84.7 cm³/mol. The van der Waals surface area contributed by atoms with Crippen LogP contribution in [-0.2, 0) is 6.42 Å². The lowest BCUT2D eigenvalue weighted by molar-refractivity contribution is 0.553. The van der Waals surface area contributed by atoms with Gasteiger partial charge in [0.1, 0.15) is 0 Å². The third-order valence-corrected chi connectivity index (χ3v) is 5.05. The van der Waals surface area contributed by atoms with Crippen molar-refractivity contribution in [1.29, 1.82) is 0 Å². The van der Waals surface area contributed by atoms with Gasteiger partial charge in [-0.25, -0.2) is 0 Å². The van der Waals surface area contributed by atoms with Crippen molar-refractivity contribution in [2.45, 2.75) is 19.4 Å². The lowest BCUT2D eigenvalue weighted by atomic mass is 9.99. The van der Waals surface area contributed by atoms with E-state index >= 15 is 0 Å². The van der Waals surface area contributed by atoms with E-state index in [9.17, 15) is 0 Å². The molecule has 1 unspecified atom stereocenters. The molecule has 0 aliphatic carbocycles. The van der Waals surface area contributed by atoms with Crippen molar-refractivity contribution in [2.75, 3.05) is 0 Å². The molecule has 0 saturated heterocycles. The molecule has 0 bridgehead atoms. The number of hydrogen-bond donors (Lipinski definition) is 2. The summed E-state index contributed by atoms with van der Waals surface area (Å²) in [5.41, 5.74) is 5.39. The Balaban J connectivity index is 2.22. The minimum atomic E-state index is 0.142. The average Bonchev–Trinajstić information content (AvgIpc) is 2.72. The molecule has 1 aromatic carbocycles. The highest BCUT2D eigenvalue weighted by atomic mass is 79.9. The molecule has 1 aromatic heterocycles. The number of hydrazine groups is 1. The van der Waals surface area contributed by atoms with Gasteiger partial charge in [-0.1, -0.05) is 22.0 Å². The van der Waals surface area contributed by atoms with E-state index in [1.165, 1.54) is 16.0 Å². The molecule has 0 saturated carbocycles. The van der Waals surface area contributed by atoms with Crippen molar-refractivity contribution in [3.8, 4) is 0 Å². The van der Waals surface area contributed by atoms with E-state index in [0.29, 0.717) is 0 Å². The summed E-state index contributed by atoms with van der Waals surface area (Å²) < 4.78 is 2.23. The first-order valence-corrected chi connectivity index (χ1v) is 8.02. The number of nitrogens with two attached hydrogens (primary N) is 1. The van der Waals surface area contributed by atoms with Crippen LogP contribution in [0.15, 0.2) is 38.6 Å². The lowest BCUT2D eigenvalue weighted by Gasteiger charge is -2.18. The van der Waals surface area contributed by atoms with Gasteiger partial charge >= 0.3 is 0 Å². The van der Waals surface area contributed by atoms with E-state index in [2.05, 4.69) is 73.9 Å². The molecule has 0 aliphatic rings. The first-order valence-electron chi connectivity index (χ1n) is 5.55. The minimum Gasteiger partial charge on any atom is -0.271 e. The molecule has 2 rings (SSSR count). The highest BCUT2D eigenvalue weighted by Crippen LogP contribution is 2.27. The SMILES string of the molecule is Cc1cc(Br)ccc1C(Cc1cc(Br)cs1)NN. The fourth-order valence-corrected chi connectivity index (χ4v) is 3.92. The maximum Gasteiger partial charge on any atom is 0.0510 e. The first kappa shape index (κ1) is 14.2. The lowest BCUT2D eigenvalue weighted by Crippen LogP contribution is -2.29. The van der Waals surface area contributed by atoms with E-state index in [0.717, 1.165) is 15.4 Å². The summed E-state index contributed by atoms with van der Waals surface area (Å²) in [5, 5.41) is 2.09. The summed E-state index contributed by atoms with van der Waals surface area (Å²) in [7, 11) is 0. The van der Waals surface area contributed by atoms with Crippen LogP contribution in [0.2, 0.25) is 0 Å². The Bertz CT molecular complexity index is 540. The van der Waals surface area contributed by atoms with Crippen LogP contribution in [0.4, 0.5) is 0 Å². The molecule has 0 amide bonds. The molecule has 1 heterocycles. The van der Waals surface area contributed by atoms with Crippen molar-refractivity contribution >= 4 is 43.2 Å². The van der Waals surface area contributed by atoms with Crippen molar-refractivity contribution in [2.24, 2.45) is 5.84 Å². The van der Waals surface area contributed by atoms with E-state index in [1.807, 2.05) is 0 Å². The normalized spacial score (nSPS) is 12.7. The number of aryl methyl sites for hydroxylation is 1. The van der Waals surface area contributed by atoms with Gasteiger partial charge in [0.2, 0.25) is 0 Å². The van der Waals surface area contributed by atoms with Gasteiger partial charge in [-0.05, 0) is 52.2 Å². The molecule has 5 heteroatoms. The van der Waals surface area contributed by atoms with Gasteiger partial charge in [0.15, 0.2) is 0 Å². The number of hydrogen-bond acceptors (Lipinski definition) is 3. The zero-order chi connectivity index (χ0) is 13.1. The van der Waals surface area contributed by atoms with Crippen LogP contribution in [0.3, 0.4) is 0 Å². The molecule has 0 fully saturated rings. The highest BCUT2D eigenvalue weighted by molar-refractivity contribution is 9.10. The van der Waals surface area contributed by atoms with Crippen molar-refractivity contribution in [3.63, 3.8) is 0 Å². The maximum absolute atomic E-state index is 5.70. The minimum absolute atomic E-state index is 0.142. The van der Waals surface area contributed by atoms with Gasteiger partial charge in [-0.15, -0.1) is 11.3 Å². The van der Waals surface area contributed by atoms with Gasteiger partial charge < -0.3 is 0 Å². The zero-order valence-corrected chi connectivity index (χ0v) is 13.9. The summed E-state index contributed by atoms with van der Waals surface area (Å²) in [4.78, 5) is 1.31. The summed E-state index contributed by atoms with van der Waals surface area (Å²) in [5.74, 6) is 5.70. The first-order chi connectivity index (χ1) is 8.60. The van der Waals surface area contributed by atoms with E-state index in [1.54, 1.807) is 11.3 Å². The fraction of sp³-hybridized carbons (Fsp3) is 0.231. The molecule has 96 valence electrons. The van der Waals surface area contributed by atoms with Crippen LogP contribution in [-0.4, -0.2) is 0 Å². The van der Waals surface area contributed by atoms with Crippen LogP contribution in [0.25, 0.3) is 0 Å². The number of rotatable bonds is 4. The van der Waals surface area contributed by atoms with Crippen LogP contribution >= 0.6 is 43.2 Å². The van der Waals surface area contributed by atoms with Crippen molar-refractivity contribution in [3.05, 3.63) is 54.6 Å². The summed E-state index contributed by atoms with van der Waals surface area (Å²) in [6.07, 6.45) is 0.898. The molecular weight excluding hydrogens is 376 g/mol. The van der Waals surface area contributed by atoms with Gasteiger partial charge in [0.05, 0.1) is 6.04 Å². The van der Waals surface area contributed by atoms with Gasteiger partial charge in [0.25, 0.3) is 0 Å². The maximum atomic E-state index is 5.70. The number of benzene rings is 1. The van der Waals surface area contributed by atoms with Crippen molar-refractivity contribution < 1.29 is 0 Å². The molecule has 0 radical (unpaired) electrons. The largest absolute Gasteiger partial charge is 0.271 e. The van der Waals surface area contributed by atoms with Gasteiger partial charge in [-0.3, -0.25) is 11.3 Å². The number of nitrogens with one attached hydrogen (secondary N) is 1. The Morgan fingerprint density at radius 1 is 1.28 bits per heavy atom. The Hall–Kier alpha value is -0.200. The van der Waals surface area contributed by atoms with Crippen molar-refractivity contribution in [1.82, 2.24) is 5.43 Å². The Kier molecular flexibility index (Phi) is 4.98. The molecule has 2 nitrogen and oxygen atoms in total. The zero-order valence-electron chi connectivity index (χ0n) is 9.91. The average molecular weight is 390 g/mol. The number of halogens is 2. The fourth-order valence-electron chi connectivity index (χ4n) is 1.95. The number of thiophene rings is 1. The molecule has 3 N–H and O–H groups in total. The Labute approximate surface area is 128 Å². The second kappa shape index (κ2) is 6.30. The second-order valence-electron chi connectivity index (χ2n) is 4.16. The molecule has 0 spiro atoms. The molecule has 0 aliphatic heterocycles. The second-order valence-corrected chi connectivity index (χ2v) is 6.98. The van der Waals surface area contributed by atoms with E-state index in [-0.39, 0.29) is 6.04 Å². The molecule has 18 heavy (non-hydrogen) atoms. The Morgan fingerprint density at radius 2 is 2.06 bits per heavy atom. The van der Waals surface area contributed by atoms with Crippen LogP contribution < -0.4 is 11.3 Å². The van der Waals surface area contributed by atoms with E-state index < -0.39 is 0 Å². The predicted octanol–water partition coefficient (Wildman–Crippen LogP) is 4.33. The van der Waals surface area contributed by atoms with Crippen LogP contribution in [0.5, 0.6) is 0 Å². The van der Waals surface area contributed by atoms with Gasteiger partial charge in [0, 0.05) is 25.6 Å². The third kappa shape index (κ3) is 3.42. The summed E-state index contributed by atoms with van der Waals surface area (Å²) in [6.45, 7) is 2.11. The molecular formula is C13H14Br2N2S. The van der Waals surface area contributed by atoms with Gasteiger partial charge in [-0.2, -0.15) is 0 Å². The third-order valence-electron chi connectivity index (χ3n) is 2.84. The summed E-state index contributed by atoms with van der Waals surface area (Å²) in [6, 6.07) is 8.57. The Morgan fingerprint density at radius 3 is 2.61 bits per heavy atom. The van der Waals surface area contributed by atoms with Crippen LogP contribution in [0.1, 0.15) is 22.0 Å². The highest BCUT2D eigenvalue weighted by Gasteiger charge is 2.14. The van der Waals surface area contributed by atoms with E-state index in [4.69, 9.17) is 5.84 Å². The standard InChI is InChI=1S/C13H14Br2N2S/c1-8-4-9(14)2-3-12(8)13(17-16)6-11-5-10(15)7-18-11/h2-5,7,13,17H,6,16H2,1H3. The topological polar surface area (TPSA) is 38.0 Å².